The molecule has 1 aromatic rings. The number of nitrogens with two attached hydrogens (primary N) is 1. The number of ether oxygens (including phenoxy) is 1. The highest BCUT2D eigenvalue weighted by Crippen LogP contribution is 2.19. The second-order valence-corrected chi connectivity index (χ2v) is 5.81. The lowest BCUT2D eigenvalue weighted by Crippen LogP contribution is -2.41. The van der Waals surface area contributed by atoms with Gasteiger partial charge in [-0.1, -0.05) is 6.07 Å². The third-order valence-corrected chi connectivity index (χ3v) is 4.27. The normalized spacial score (nSPS) is 20.3. The van der Waals surface area contributed by atoms with Crippen molar-refractivity contribution in [3.05, 3.63) is 23.9 Å². The van der Waals surface area contributed by atoms with Crippen LogP contribution in [0.4, 0.5) is 5.82 Å². The Balaban J connectivity index is 1.69. The Hall–Kier alpha value is -1.82. The van der Waals surface area contributed by atoms with Gasteiger partial charge in [0.25, 0.3) is 0 Å². The molecule has 2 saturated heterocycles. The molecule has 0 aliphatic carbocycles. The summed E-state index contributed by atoms with van der Waals surface area (Å²) < 4.78 is 5.41. The number of pyridine rings is 1. The minimum atomic E-state index is 0.586. The van der Waals surface area contributed by atoms with E-state index in [-0.39, 0.29) is 0 Å². The van der Waals surface area contributed by atoms with E-state index in [2.05, 4.69) is 25.8 Å². The van der Waals surface area contributed by atoms with Gasteiger partial charge in [0.1, 0.15) is 5.82 Å². The van der Waals surface area contributed by atoms with Crippen molar-refractivity contribution >= 4 is 11.8 Å². The zero-order valence-electron chi connectivity index (χ0n) is 13.1. The maximum absolute atomic E-state index is 6.15. The molecular formula is C16H25N5O. The third-order valence-electron chi connectivity index (χ3n) is 4.27. The molecule has 3 heterocycles. The second kappa shape index (κ2) is 7.45. The molecule has 0 saturated carbocycles. The standard InChI is InChI=1S/C16H25N5O/c17-16(21-7-2-1-3-8-21)19-13-14-5-4-6-18-15(14)20-9-11-22-12-10-20/h4-6H,1-3,7-13H2,(H2,17,19). The zero-order chi connectivity index (χ0) is 15.2. The number of anilines is 1. The van der Waals surface area contributed by atoms with Gasteiger partial charge in [-0.2, -0.15) is 0 Å². The van der Waals surface area contributed by atoms with Crippen LogP contribution in [0.25, 0.3) is 0 Å². The summed E-state index contributed by atoms with van der Waals surface area (Å²) >= 11 is 0. The summed E-state index contributed by atoms with van der Waals surface area (Å²) in [5.41, 5.74) is 7.28. The summed E-state index contributed by atoms with van der Waals surface area (Å²) in [7, 11) is 0. The molecule has 0 amide bonds. The van der Waals surface area contributed by atoms with Crippen LogP contribution in [0, 0.1) is 0 Å². The second-order valence-electron chi connectivity index (χ2n) is 5.81. The number of hydrogen-bond donors (Lipinski definition) is 1. The van der Waals surface area contributed by atoms with Crippen LogP contribution in [0.1, 0.15) is 24.8 Å². The fourth-order valence-electron chi connectivity index (χ4n) is 3.00. The van der Waals surface area contributed by atoms with Gasteiger partial charge in [0.15, 0.2) is 5.96 Å². The molecule has 6 heteroatoms. The van der Waals surface area contributed by atoms with Crippen LogP contribution in [0.15, 0.2) is 23.3 Å². The van der Waals surface area contributed by atoms with E-state index in [9.17, 15) is 0 Å². The van der Waals surface area contributed by atoms with Crippen molar-refractivity contribution in [2.75, 3.05) is 44.3 Å². The maximum atomic E-state index is 6.15. The van der Waals surface area contributed by atoms with Crippen molar-refractivity contribution in [3.63, 3.8) is 0 Å². The van der Waals surface area contributed by atoms with Crippen LogP contribution in [0.2, 0.25) is 0 Å². The van der Waals surface area contributed by atoms with Gasteiger partial charge in [-0.25, -0.2) is 9.98 Å². The molecule has 2 fully saturated rings. The first-order valence-electron chi connectivity index (χ1n) is 8.16. The molecule has 6 nitrogen and oxygen atoms in total. The zero-order valence-corrected chi connectivity index (χ0v) is 13.1. The maximum Gasteiger partial charge on any atom is 0.191 e. The van der Waals surface area contributed by atoms with E-state index in [0.29, 0.717) is 12.5 Å². The van der Waals surface area contributed by atoms with E-state index < -0.39 is 0 Å². The lowest BCUT2D eigenvalue weighted by atomic mass is 10.1. The molecule has 0 bridgehead atoms. The average molecular weight is 303 g/mol. The smallest absolute Gasteiger partial charge is 0.191 e. The largest absolute Gasteiger partial charge is 0.378 e. The van der Waals surface area contributed by atoms with Gasteiger partial charge in [0.2, 0.25) is 0 Å². The number of aromatic nitrogens is 1. The fourth-order valence-corrected chi connectivity index (χ4v) is 3.00. The number of likely N-dealkylation sites (tertiary alicyclic amines) is 1. The number of rotatable bonds is 3. The minimum Gasteiger partial charge on any atom is -0.378 e. The highest BCUT2D eigenvalue weighted by molar-refractivity contribution is 5.78. The van der Waals surface area contributed by atoms with Crippen molar-refractivity contribution in [1.82, 2.24) is 9.88 Å². The lowest BCUT2D eigenvalue weighted by molar-refractivity contribution is 0.122. The molecule has 0 spiro atoms. The van der Waals surface area contributed by atoms with Gasteiger partial charge >= 0.3 is 0 Å². The van der Waals surface area contributed by atoms with E-state index in [0.717, 1.165) is 50.8 Å². The molecule has 1 aromatic heterocycles. The minimum absolute atomic E-state index is 0.586. The number of aliphatic imine (C=N–C) groups is 1. The molecule has 22 heavy (non-hydrogen) atoms. The Kier molecular flexibility index (Phi) is 5.11. The van der Waals surface area contributed by atoms with Crippen molar-refractivity contribution in [3.8, 4) is 0 Å². The Morgan fingerprint density at radius 2 is 1.95 bits per heavy atom. The quantitative estimate of drug-likeness (QED) is 0.672. The van der Waals surface area contributed by atoms with Gasteiger partial charge in [-0.3, -0.25) is 0 Å². The van der Waals surface area contributed by atoms with E-state index >= 15 is 0 Å². The van der Waals surface area contributed by atoms with E-state index in [1.54, 1.807) is 0 Å². The topological polar surface area (TPSA) is 67.0 Å². The number of hydrogen-bond acceptors (Lipinski definition) is 4. The average Bonchev–Trinajstić information content (AvgIpc) is 2.61. The molecule has 0 aromatic carbocycles. The molecule has 0 unspecified atom stereocenters. The monoisotopic (exact) mass is 303 g/mol. The van der Waals surface area contributed by atoms with Gasteiger partial charge in [0, 0.05) is 37.9 Å². The number of piperidine rings is 1. The number of nitrogens with zero attached hydrogens (tertiary/aromatic N) is 4. The van der Waals surface area contributed by atoms with Crippen LogP contribution in [0.3, 0.4) is 0 Å². The lowest BCUT2D eigenvalue weighted by Gasteiger charge is -2.29. The summed E-state index contributed by atoms with van der Waals surface area (Å²) in [4.78, 5) is 13.6. The first-order chi connectivity index (χ1) is 10.8. The van der Waals surface area contributed by atoms with E-state index in [1.807, 2.05) is 12.3 Å². The summed E-state index contributed by atoms with van der Waals surface area (Å²) in [6.07, 6.45) is 5.56. The predicted octanol–water partition coefficient (Wildman–Crippen LogP) is 1.22. The highest BCUT2D eigenvalue weighted by atomic mass is 16.5. The van der Waals surface area contributed by atoms with Crippen LogP contribution < -0.4 is 10.6 Å². The summed E-state index contributed by atoms with van der Waals surface area (Å²) in [5.74, 6) is 1.68. The van der Waals surface area contributed by atoms with Crippen LogP contribution in [0.5, 0.6) is 0 Å². The first-order valence-corrected chi connectivity index (χ1v) is 8.16. The van der Waals surface area contributed by atoms with Crippen molar-refractivity contribution in [2.45, 2.75) is 25.8 Å². The van der Waals surface area contributed by atoms with E-state index in [4.69, 9.17) is 10.5 Å². The predicted molar refractivity (Wildman–Crippen MR) is 88.0 cm³/mol. The molecule has 2 aliphatic heterocycles. The van der Waals surface area contributed by atoms with Gasteiger partial charge < -0.3 is 20.3 Å². The number of morpholine rings is 1. The molecule has 0 radical (unpaired) electrons. The van der Waals surface area contributed by atoms with Gasteiger partial charge in [-0.15, -0.1) is 0 Å². The number of guanidine groups is 1. The molecule has 0 atom stereocenters. The Morgan fingerprint density at radius 3 is 2.73 bits per heavy atom. The Bertz CT molecular complexity index is 507. The van der Waals surface area contributed by atoms with Crippen LogP contribution in [-0.2, 0) is 11.3 Å². The SMILES string of the molecule is NC(=NCc1cccnc1N1CCOCC1)N1CCCCC1. The molecular weight excluding hydrogens is 278 g/mol. The summed E-state index contributed by atoms with van der Waals surface area (Å²) in [6, 6.07) is 4.05. The molecule has 2 aliphatic rings. The molecule has 2 N–H and O–H groups in total. The van der Waals surface area contributed by atoms with Gasteiger partial charge in [-0.05, 0) is 25.3 Å². The molecule has 120 valence electrons. The van der Waals surface area contributed by atoms with Crippen molar-refractivity contribution in [1.29, 1.82) is 0 Å². The Labute approximate surface area is 132 Å². The molecule has 3 rings (SSSR count). The van der Waals surface area contributed by atoms with Crippen molar-refractivity contribution in [2.24, 2.45) is 10.7 Å². The van der Waals surface area contributed by atoms with E-state index in [1.165, 1.54) is 19.3 Å². The fraction of sp³-hybridized carbons (Fsp3) is 0.625. The summed E-state index contributed by atoms with van der Waals surface area (Å²) in [5, 5.41) is 0. The summed E-state index contributed by atoms with van der Waals surface area (Å²) in [6.45, 7) is 5.93. The first kappa shape index (κ1) is 15.1. The highest BCUT2D eigenvalue weighted by Gasteiger charge is 2.16. The van der Waals surface area contributed by atoms with Crippen LogP contribution in [-0.4, -0.2) is 55.2 Å². The van der Waals surface area contributed by atoms with Gasteiger partial charge in [0.05, 0.1) is 19.8 Å². The van der Waals surface area contributed by atoms with Crippen LogP contribution >= 0.6 is 0 Å². The Morgan fingerprint density at radius 1 is 1.18 bits per heavy atom. The third kappa shape index (κ3) is 3.68. The van der Waals surface area contributed by atoms with Crippen molar-refractivity contribution < 1.29 is 4.74 Å².